The van der Waals surface area contributed by atoms with Gasteiger partial charge in [-0.1, -0.05) is 11.6 Å². The number of amides is 1. The molecule has 3 rings (SSSR count). The molecule has 0 saturated carbocycles. The van der Waals surface area contributed by atoms with Crippen LogP contribution < -0.4 is 5.32 Å². The van der Waals surface area contributed by atoms with Crippen molar-refractivity contribution >= 4 is 29.1 Å². The number of benzene rings is 1. The van der Waals surface area contributed by atoms with Gasteiger partial charge in [-0.15, -0.1) is 0 Å². The van der Waals surface area contributed by atoms with Gasteiger partial charge in [-0.3, -0.25) is 4.79 Å². The van der Waals surface area contributed by atoms with Crippen LogP contribution in [0.4, 0.5) is 4.79 Å². The number of halogens is 1. The number of allylic oxidation sites excluding steroid dienone is 2. The highest BCUT2D eigenvalue weighted by Crippen LogP contribution is 2.40. The Morgan fingerprint density at radius 3 is 2.47 bits per heavy atom. The molecule has 0 saturated heterocycles. The molecule has 1 atom stereocenters. The monoisotopic (exact) mass is 459 g/mol. The largest absolute Gasteiger partial charge is 0.500 e. The summed E-state index contributed by atoms with van der Waals surface area (Å²) in [4.78, 5) is 24.9. The third-order valence-corrected chi connectivity index (χ3v) is 5.49. The molecule has 1 aromatic carbocycles. The van der Waals surface area contributed by atoms with E-state index < -0.39 is 11.7 Å². The number of nitrogens with zero attached hydrogens (tertiary/aromatic N) is 2. The van der Waals surface area contributed by atoms with Gasteiger partial charge in [0.05, 0.1) is 29.6 Å². The molecule has 0 spiro atoms. The van der Waals surface area contributed by atoms with E-state index in [0.29, 0.717) is 35.7 Å². The molecule has 1 aliphatic carbocycles. The van der Waals surface area contributed by atoms with E-state index in [2.05, 4.69) is 10.4 Å². The first-order valence-corrected chi connectivity index (χ1v) is 11.0. The first-order chi connectivity index (χ1) is 15.0. The molecule has 0 radical (unpaired) electrons. The van der Waals surface area contributed by atoms with Crippen molar-refractivity contribution in [2.24, 2.45) is 5.92 Å². The lowest BCUT2D eigenvalue weighted by atomic mass is 9.93. The highest BCUT2D eigenvalue weighted by atomic mass is 35.5. The predicted octanol–water partition coefficient (Wildman–Crippen LogP) is 5.00. The van der Waals surface area contributed by atoms with Crippen molar-refractivity contribution in [2.75, 3.05) is 13.7 Å². The normalized spacial score (nSPS) is 16.5. The number of methoxy groups -OCH3 is 1. The fourth-order valence-electron chi connectivity index (χ4n) is 4.10. The third-order valence-electron chi connectivity index (χ3n) is 5.29. The van der Waals surface area contributed by atoms with Crippen LogP contribution in [0.1, 0.15) is 50.3 Å². The number of Topliss-reactive ketones (excluding diaryl/α,β-unsaturated/α-hetero) is 1. The number of hydrogen-bond donors (Lipinski definition) is 1. The molecule has 172 valence electrons. The Bertz CT molecular complexity index is 1040. The van der Waals surface area contributed by atoms with Crippen LogP contribution in [0.15, 0.2) is 30.3 Å². The summed E-state index contributed by atoms with van der Waals surface area (Å²) < 4.78 is 12.7. The smallest absolute Gasteiger partial charge is 0.407 e. The number of nitrogens with one attached hydrogen (secondary N) is 1. The topological polar surface area (TPSA) is 82.5 Å². The quantitative estimate of drug-likeness (QED) is 0.657. The van der Waals surface area contributed by atoms with Crippen LogP contribution in [0.25, 0.3) is 11.3 Å². The van der Waals surface area contributed by atoms with Gasteiger partial charge in [0, 0.05) is 25.1 Å². The number of aromatic nitrogens is 2. The summed E-state index contributed by atoms with van der Waals surface area (Å²) in [5.74, 6) is 0.619. The molecule has 8 heteroatoms. The second-order valence-corrected chi connectivity index (χ2v) is 9.48. The second-order valence-electron chi connectivity index (χ2n) is 9.04. The molecule has 7 nitrogen and oxygen atoms in total. The zero-order chi connectivity index (χ0) is 23.6. The first kappa shape index (κ1) is 23.9. The number of ketones is 1. The van der Waals surface area contributed by atoms with Gasteiger partial charge < -0.3 is 14.8 Å². The van der Waals surface area contributed by atoms with Crippen LogP contribution in [0.5, 0.6) is 0 Å². The van der Waals surface area contributed by atoms with Gasteiger partial charge in [-0.2, -0.15) is 5.10 Å². The molecule has 1 heterocycles. The number of alkyl carbamates (subject to hydrolysis) is 1. The van der Waals surface area contributed by atoms with Gasteiger partial charge >= 0.3 is 6.09 Å². The predicted molar refractivity (Wildman–Crippen MR) is 124 cm³/mol. The molecule has 0 aliphatic heterocycles. The lowest BCUT2D eigenvalue weighted by molar-refractivity contribution is -0.113. The summed E-state index contributed by atoms with van der Waals surface area (Å²) in [5.41, 5.74) is 3.74. The zero-order valence-corrected chi connectivity index (χ0v) is 20.2. The van der Waals surface area contributed by atoms with Crippen LogP contribution >= 0.6 is 11.6 Å². The van der Waals surface area contributed by atoms with Crippen molar-refractivity contribution in [1.29, 1.82) is 0 Å². The lowest BCUT2D eigenvalue weighted by Gasteiger charge is -2.20. The minimum atomic E-state index is -0.555. The average molecular weight is 460 g/mol. The van der Waals surface area contributed by atoms with Gasteiger partial charge in [-0.05, 0) is 69.9 Å². The Labute approximate surface area is 193 Å². The Kier molecular flexibility index (Phi) is 6.98. The minimum absolute atomic E-state index is 0.0465. The van der Waals surface area contributed by atoms with Crippen LogP contribution in [0, 0.1) is 19.8 Å². The number of carbonyl (C=O) groups is 2. The molecular weight excluding hydrogens is 430 g/mol. The van der Waals surface area contributed by atoms with Crippen LogP contribution in [-0.2, 0) is 14.3 Å². The van der Waals surface area contributed by atoms with E-state index in [4.69, 9.17) is 21.1 Å². The van der Waals surface area contributed by atoms with E-state index in [1.54, 1.807) is 24.2 Å². The molecule has 1 aliphatic rings. The number of aryl methyl sites for hydroxylation is 2. The van der Waals surface area contributed by atoms with Crippen molar-refractivity contribution < 1.29 is 19.1 Å². The number of carbonyl (C=O) groups excluding carboxylic acids is 2. The fraction of sp³-hybridized carbons (Fsp3) is 0.458. The third kappa shape index (κ3) is 5.33. The maximum absolute atomic E-state index is 13.0. The van der Waals surface area contributed by atoms with Gasteiger partial charge in [0.2, 0.25) is 0 Å². The molecule has 0 bridgehead atoms. The lowest BCUT2D eigenvalue weighted by Crippen LogP contribution is -2.33. The highest BCUT2D eigenvalue weighted by Gasteiger charge is 2.35. The van der Waals surface area contributed by atoms with Crippen molar-refractivity contribution in [1.82, 2.24) is 15.1 Å². The molecule has 1 unspecified atom stereocenters. The van der Waals surface area contributed by atoms with Crippen LogP contribution in [0.2, 0.25) is 5.02 Å². The number of rotatable bonds is 6. The summed E-state index contributed by atoms with van der Waals surface area (Å²) in [7, 11) is 1.59. The average Bonchev–Trinajstić information content (AvgIpc) is 3.23. The summed E-state index contributed by atoms with van der Waals surface area (Å²) in [6, 6.07) is 3.97. The molecule has 2 aromatic rings. The molecule has 1 aromatic heterocycles. The van der Waals surface area contributed by atoms with E-state index in [-0.39, 0.29) is 11.7 Å². The number of hydrogen-bond acceptors (Lipinski definition) is 5. The van der Waals surface area contributed by atoms with E-state index >= 15 is 0 Å². The van der Waals surface area contributed by atoms with Crippen molar-refractivity contribution in [3.63, 3.8) is 0 Å². The van der Waals surface area contributed by atoms with E-state index in [0.717, 1.165) is 22.4 Å². The van der Waals surface area contributed by atoms with Gasteiger partial charge in [0.15, 0.2) is 5.78 Å². The first-order valence-electron chi connectivity index (χ1n) is 10.6. The molecule has 1 N–H and O–H groups in total. The summed E-state index contributed by atoms with van der Waals surface area (Å²) >= 11 is 6.00. The summed E-state index contributed by atoms with van der Waals surface area (Å²) in [6.45, 7) is 9.79. The Hall–Kier alpha value is -2.80. The Balaban J connectivity index is 1.83. The summed E-state index contributed by atoms with van der Waals surface area (Å²) in [5, 5.41) is 7.58. The van der Waals surface area contributed by atoms with Crippen LogP contribution in [0.3, 0.4) is 0 Å². The van der Waals surface area contributed by atoms with Crippen molar-refractivity contribution in [3.8, 4) is 5.69 Å². The second kappa shape index (κ2) is 9.36. The molecular formula is C24H30ClN3O4. The van der Waals surface area contributed by atoms with Crippen LogP contribution in [-0.4, -0.2) is 40.9 Å². The SMILES string of the molecule is COC1=C(c2c(C)cc(-n3cc(Cl)cn3)cc2C)C(=O)CC1CCNC(=O)OC(C)(C)C. The van der Waals surface area contributed by atoms with Gasteiger partial charge in [-0.25, -0.2) is 9.48 Å². The highest BCUT2D eigenvalue weighted by molar-refractivity contribution is 6.30. The molecule has 0 fully saturated rings. The fourth-order valence-corrected chi connectivity index (χ4v) is 4.23. The van der Waals surface area contributed by atoms with E-state index in [9.17, 15) is 9.59 Å². The maximum Gasteiger partial charge on any atom is 0.407 e. The standard InChI is InChI=1S/C24H30ClN3O4/c1-14-9-18(28-13-17(25)12-27-28)10-15(2)20(14)21-19(29)11-16(22(21)31-6)7-8-26-23(30)32-24(3,4)5/h9-10,12-13,16H,7-8,11H2,1-6H3,(H,26,30). The number of ether oxygens (including phenoxy) is 2. The molecule has 1 amide bonds. The zero-order valence-electron chi connectivity index (χ0n) is 19.4. The van der Waals surface area contributed by atoms with E-state index in [1.807, 2.05) is 46.8 Å². The maximum atomic E-state index is 13.0. The Morgan fingerprint density at radius 1 is 1.28 bits per heavy atom. The van der Waals surface area contributed by atoms with Crippen molar-refractivity contribution in [3.05, 3.63) is 52.0 Å². The molecule has 32 heavy (non-hydrogen) atoms. The Morgan fingerprint density at radius 2 is 1.94 bits per heavy atom. The van der Waals surface area contributed by atoms with Crippen molar-refractivity contribution in [2.45, 2.75) is 53.1 Å². The van der Waals surface area contributed by atoms with Gasteiger partial charge in [0.1, 0.15) is 11.4 Å². The summed E-state index contributed by atoms with van der Waals surface area (Å²) in [6.07, 6.45) is 3.79. The van der Waals surface area contributed by atoms with E-state index in [1.165, 1.54) is 0 Å². The van der Waals surface area contributed by atoms with Gasteiger partial charge in [0.25, 0.3) is 0 Å². The minimum Gasteiger partial charge on any atom is -0.500 e.